The Bertz CT molecular complexity index is 526. The zero-order valence-corrected chi connectivity index (χ0v) is 11.4. The van der Waals surface area contributed by atoms with E-state index in [-0.39, 0.29) is 19.1 Å². The van der Waals surface area contributed by atoms with Crippen molar-refractivity contribution in [2.45, 2.75) is 20.0 Å². The summed E-state index contributed by atoms with van der Waals surface area (Å²) in [6.07, 6.45) is -0.769. The first-order valence-corrected chi connectivity index (χ1v) is 6.30. The highest BCUT2D eigenvalue weighted by atomic mass is 16.6. The maximum atomic E-state index is 12.0. The van der Waals surface area contributed by atoms with E-state index >= 15 is 0 Å². The number of fused-ring (bicyclic) bond motifs is 1. The van der Waals surface area contributed by atoms with Crippen LogP contribution in [0.1, 0.15) is 13.8 Å². The minimum Gasteiger partial charge on any atom is -0.485 e. The lowest BCUT2D eigenvalue weighted by atomic mass is 9.94. The third-order valence-corrected chi connectivity index (χ3v) is 3.08. The van der Waals surface area contributed by atoms with Gasteiger partial charge in [0.15, 0.2) is 11.5 Å². The Morgan fingerprint density at radius 3 is 2.65 bits per heavy atom. The number of hydrogen-bond acceptors (Lipinski definition) is 4. The van der Waals surface area contributed by atoms with Crippen molar-refractivity contribution in [3.8, 4) is 11.5 Å². The topological polar surface area (TPSA) is 84.9 Å². The van der Waals surface area contributed by atoms with Gasteiger partial charge in [-0.3, -0.25) is 9.59 Å². The summed E-state index contributed by atoms with van der Waals surface area (Å²) in [6, 6.07) is 7.08. The Balaban J connectivity index is 1.94. The minimum absolute atomic E-state index is 0.0304. The van der Waals surface area contributed by atoms with Gasteiger partial charge in [0.25, 0.3) is 5.91 Å². The molecule has 0 spiro atoms. The Kier molecular flexibility index (Phi) is 3.83. The van der Waals surface area contributed by atoms with Crippen LogP contribution in [0.25, 0.3) is 0 Å². The van der Waals surface area contributed by atoms with E-state index in [1.807, 2.05) is 6.07 Å². The van der Waals surface area contributed by atoms with Crippen molar-refractivity contribution in [1.29, 1.82) is 0 Å². The molecule has 1 amide bonds. The monoisotopic (exact) mass is 279 g/mol. The quantitative estimate of drug-likeness (QED) is 0.860. The van der Waals surface area contributed by atoms with Gasteiger partial charge in [0.1, 0.15) is 6.61 Å². The Hall–Kier alpha value is -2.24. The molecule has 0 saturated carbocycles. The minimum atomic E-state index is -1.02. The van der Waals surface area contributed by atoms with Gasteiger partial charge in [-0.15, -0.1) is 0 Å². The largest absolute Gasteiger partial charge is 0.485 e. The molecule has 0 unspecified atom stereocenters. The van der Waals surface area contributed by atoms with E-state index in [9.17, 15) is 9.59 Å². The van der Waals surface area contributed by atoms with E-state index in [1.165, 1.54) is 0 Å². The Morgan fingerprint density at radius 1 is 1.35 bits per heavy atom. The molecule has 6 nitrogen and oxygen atoms in total. The summed E-state index contributed by atoms with van der Waals surface area (Å²) in [5.41, 5.74) is -1.02. The van der Waals surface area contributed by atoms with Crippen molar-refractivity contribution in [2.75, 3.05) is 13.2 Å². The van der Waals surface area contributed by atoms with Gasteiger partial charge in [0.2, 0.25) is 6.10 Å². The molecule has 20 heavy (non-hydrogen) atoms. The van der Waals surface area contributed by atoms with Crippen LogP contribution in [-0.4, -0.2) is 36.2 Å². The molecular formula is C14H17NO5. The van der Waals surface area contributed by atoms with Crippen molar-refractivity contribution in [2.24, 2.45) is 5.41 Å². The molecule has 1 aliphatic rings. The third-order valence-electron chi connectivity index (χ3n) is 3.08. The molecule has 1 aromatic carbocycles. The van der Waals surface area contributed by atoms with Crippen LogP contribution in [0.15, 0.2) is 24.3 Å². The number of hydrogen-bond donors (Lipinski definition) is 2. The van der Waals surface area contributed by atoms with E-state index in [2.05, 4.69) is 5.32 Å². The second kappa shape index (κ2) is 5.40. The summed E-state index contributed by atoms with van der Waals surface area (Å²) in [5, 5.41) is 11.6. The molecule has 2 rings (SSSR count). The molecule has 0 aromatic heterocycles. The average molecular weight is 279 g/mol. The summed E-state index contributed by atoms with van der Waals surface area (Å²) in [7, 11) is 0. The highest BCUT2D eigenvalue weighted by Gasteiger charge is 2.31. The molecule has 0 bridgehead atoms. The number of ether oxygens (including phenoxy) is 2. The van der Waals surface area contributed by atoms with Crippen molar-refractivity contribution in [1.82, 2.24) is 5.32 Å². The zero-order valence-electron chi connectivity index (χ0n) is 11.4. The summed E-state index contributed by atoms with van der Waals surface area (Å²) in [6.45, 7) is 3.23. The molecule has 1 atom stereocenters. The van der Waals surface area contributed by atoms with Gasteiger partial charge in [-0.2, -0.15) is 0 Å². The van der Waals surface area contributed by atoms with E-state index in [0.29, 0.717) is 11.5 Å². The van der Waals surface area contributed by atoms with Crippen molar-refractivity contribution in [3.63, 3.8) is 0 Å². The maximum Gasteiger partial charge on any atom is 0.310 e. The lowest BCUT2D eigenvalue weighted by molar-refractivity contribution is -0.147. The molecule has 0 aliphatic carbocycles. The van der Waals surface area contributed by atoms with Crippen LogP contribution in [0.2, 0.25) is 0 Å². The number of carbonyl (C=O) groups excluding carboxylic acids is 1. The first kappa shape index (κ1) is 14.2. The van der Waals surface area contributed by atoms with Gasteiger partial charge in [0.05, 0.1) is 5.41 Å². The van der Waals surface area contributed by atoms with E-state index < -0.39 is 17.5 Å². The lowest BCUT2D eigenvalue weighted by Gasteiger charge is -2.27. The highest BCUT2D eigenvalue weighted by molar-refractivity contribution is 5.83. The van der Waals surface area contributed by atoms with E-state index in [0.717, 1.165) is 0 Å². The highest BCUT2D eigenvalue weighted by Crippen LogP contribution is 2.30. The fourth-order valence-electron chi connectivity index (χ4n) is 1.65. The van der Waals surface area contributed by atoms with E-state index in [1.54, 1.807) is 32.0 Å². The van der Waals surface area contributed by atoms with Crippen LogP contribution in [0.4, 0.5) is 0 Å². The predicted molar refractivity (Wildman–Crippen MR) is 70.8 cm³/mol. The lowest BCUT2D eigenvalue weighted by Crippen LogP contribution is -2.47. The first-order valence-electron chi connectivity index (χ1n) is 6.30. The zero-order chi connectivity index (χ0) is 14.8. The molecule has 2 N–H and O–H groups in total. The third kappa shape index (κ3) is 3.01. The summed E-state index contributed by atoms with van der Waals surface area (Å²) >= 11 is 0. The predicted octanol–water partition coefficient (Wildman–Crippen LogP) is 1.05. The molecule has 6 heteroatoms. The number of carbonyl (C=O) groups is 2. The summed E-state index contributed by atoms with van der Waals surface area (Å²) < 4.78 is 11.0. The van der Waals surface area contributed by atoms with Gasteiger partial charge in [-0.25, -0.2) is 0 Å². The first-order chi connectivity index (χ1) is 9.40. The smallest absolute Gasteiger partial charge is 0.310 e. The number of rotatable bonds is 4. The molecule has 1 heterocycles. The number of para-hydroxylation sites is 2. The molecule has 0 saturated heterocycles. The van der Waals surface area contributed by atoms with Crippen molar-refractivity contribution in [3.05, 3.63) is 24.3 Å². The SMILES string of the molecule is CC(C)(CNC(=O)[C@@H]1COc2ccccc2O1)C(=O)O. The van der Waals surface area contributed by atoms with E-state index in [4.69, 9.17) is 14.6 Å². The number of amides is 1. The average Bonchev–Trinajstić information content (AvgIpc) is 2.44. The van der Waals surface area contributed by atoms with Crippen LogP contribution in [0.3, 0.4) is 0 Å². The van der Waals surface area contributed by atoms with Crippen LogP contribution in [-0.2, 0) is 9.59 Å². The van der Waals surface area contributed by atoms with Crippen LogP contribution < -0.4 is 14.8 Å². The van der Waals surface area contributed by atoms with Gasteiger partial charge in [0, 0.05) is 6.54 Å². The van der Waals surface area contributed by atoms with Gasteiger partial charge in [-0.05, 0) is 26.0 Å². The van der Waals surface area contributed by atoms with Crippen molar-refractivity contribution < 1.29 is 24.2 Å². The molecular weight excluding hydrogens is 262 g/mol. The number of carboxylic acid groups (broad SMARTS) is 1. The number of carboxylic acids is 1. The van der Waals surface area contributed by atoms with Crippen molar-refractivity contribution >= 4 is 11.9 Å². The van der Waals surface area contributed by atoms with Crippen LogP contribution >= 0.6 is 0 Å². The van der Waals surface area contributed by atoms with Crippen LogP contribution in [0, 0.1) is 5.41 Å². The second-order valence-corrected chi connectivity index (χ2v) is 5.27. The van der Waals surface area contributed by atoms with Gasteiger partial charge < -0.3 is 19.9 Å². The fourth-order valence-corrected chi connectivity index (χ4v) is 1.65. The fraction of sp³-hybridized carbons (Fsp3) is 0.429. The molecule has 0 fully saturated rings. The number of benzene rings is 1. The number of aliphatic carboxylic acids is 1. The standard InChI is InChI=1S/C14H17NO5/c1-14(2,13(17)18)8-15-12(16)11-7-19-9-5-3-4-6-10(9)20-11/h3-6,11H,7-8H2,1-2H3,(H,15,16)(H,17,18)/t11-/m0/s1. The van der Waals surface area contributed by atoms with Crippen LogP contribution in [0.5, 0.6) is 11.5 Å². The molecule has 1 aliphatic heterocycles. The molecule has 0 radical (unpaired) electrons. The van der Waals surface area contributed by atoms with Gasteiger partial charge in [-0.1, -0.05) is 12.1 Å². The maximum absolute atomic E-state index is 12.0. The number of nitrogens with one attached hydrogen (secondary N) is 1. The molecule has 1 aromatic rings. The second-order valence-electron chi connectivity index (χ2n) is 5.27. The normalized spacial score (nSPS) is 17.4. The van der Waals surface area contributed by atoms with Gasteiger partial charge >= 0.3 is 5.97 Å². The molecule has 108 valence electrons. The Morgan fingerprint density at radius 2 is 2.00 bits per heavy atom. The summed E-state index contributed by atoms with van der Waals surface area (Å²) in [4.78, 5) is 22.9. The Labute approximate surface area is 116 Å². The summed E-state index contributed by atoms with van der Waals surface area (Å²) in [5.74, 6) is -0.239.